The van der Waals surface area contributed by atoms with Gasteiger partial charge in [0, 0.05) is 33.0 Å². The molecule has 27 heavy (non-hydrogen) atoms. The van der Waals surface area contributed by atoms with Crippen LogP contribution >= 0.6 is 34.5 Å². The number of aliphatic carboxylic acids is 1. The minimum atomic E-state index is -1.08. The van der Waals surface area contributed by atoms with Crippen molar-refractivity contribution in [3.8, 4) is 11.1 Å². The van der Waals surface area contributed by atoms with Crippen molar-refractivity contribution >= 4 is 57.4 Å². The van der Waals surface area contributed by atoms with Crippen LogP contribution in [0.25, 0.3) is 11.1 Å². The third kappa shape index (κ3) is 5.69. The fraction of sp³-hybridized carbons (Fsp3) is 0.278. The van der Waals surface area contributed by atoms with Crippen molar-refractivity contribution in [1.82, 2.24) is 0 Å². The third-order valence-electron chi connectivity index (χ3n) is 3.38. The molecule has 0 radical (unpaired) electrons. The SMILES string of the molecule is CC(C)OC(=O)c1c(-c2ccc(Cl)cc2Cl)csc1NC(=O)CCC(=O)O. The number of amides is 1. The summed E-state index contributed by atoms with van der Waals surface area (Å²) in [6.07, 6.45) is -0.872. The van der Waals surface area contributed by atoms with Crippen molar-refractivity contribution in [2.75, 3.05) is 5.32 Å². The molecule has 144 valence electrons. The Kier molecular flexibility index (Phi) is 7.24. The lowest BCUT2D eigenvalue weighted by molar-refractivity contribution is -0.138. The summed E-state index contributed by atoms with van der Waals surface area (Å²) in [6, 6.07) is 4.87. The predicted molar refractivity (Wildman–Crippen MR) is 106 cm³/mol. The van der Waals surface area contributed by atoms with Crippen LogP contribution < -0.4 is 5.32 Å². The van der Waals surface area contributed by atoms with Gasteiger partial charge in [-0.15, -0.1) is 11.3 Å². The Balaban J connectivity index is 2.42. The van der Waals surface area contributed by atoms with E-state index in [-0.39, 0.29) is 29.5 Å². The fourth-order valence-corrected chi connectivity index (χ4v) is 3.72. The fourth-order valence-electron chi connectivity index (χ4n) is 2.24. The maximum absolute atomic E-state index is 12.6. The number of halogens is 2. The number of hydrogen-bond donors (Lipinski definition) is 2. The van der Waals surface area contributed by atoms with E-state index < -0.39 is 17.8 Å². The normalized spacial score (nSPS) is 10.7. The highest BCUT2D eigenvalue weighted by atomic mass is 35.5. The average Bonchev–Trinajstić information content (AvgIpc) is 2.95. The number of carboxylic acid groups (broad SMARTS) is 1. The number of ether oxygens (including phenoxy) is 1. The molecular formula is C18H17Cl2NO5S. The second-order valence-electron chi connectivity index (χ2n) is 5.87. The largest absolute Gasteiger partial charge is 0.481 e. The van der Waals surface area contributed by atoms with E-state index in [0.29, 0.717) is 21.2 Å². The maximum atomic E-state index is 12.6. The van der Waals surface area contributed by atoms with Crippen LogP contribution in [0.15, 0.2) is 23.6 Å². The van der Waals surface area contributed by atoms with Crippen LogP contribution in [0.2, 0.25) is 10.0 Å². The van der Waals surface area contributed by atoms with E-state index in [0.717, 1.165) is 11.3 Å². The van der Waals surface area contributed by atoms with E-state index in [9.17, 15) is 14.4 Å². The number of rotatable bonds is 7. The van der Waals surface area contributed by atoms with Crippen molar-refractivity contribution in [3.05, 3.63) is 39.2 Å². The highest BCUT2D eigenvalue weighted by Gasteiger charge is 2.25. The number of carbonyl (C=O) groups is 3. The van der Waals surface area contributed by atoms with Crippen LogP contribution in [-0.4, -0.2) is 29.1 Å². The lowest BCUT2D eigenvalue weighted by Gasteiger charge is -2.12. The smallest absolute Gasteiger partial charge is 0.342 e. The van der Waals surface area contributed by atoms with Crippen LogP contribution in [0.3, 0.4) is 0 Å². The Labute approximate surface area is 170 Å². The molecule has 2 aromatic rings. The Morgan fingerprint density at radius 2 is 1.89 bits per heavy atom. The summed E-state index contributed by atoms with van der Waals surface area (Å²) in [4.78, 5) is 35.3. The maximum Gasteiger partial charge on any atom is 0.342 e. The van der Waals surface area contributed by atoms with Crippen LogP contribution in [0, 0.1) is 0 Å². The minimum absolute atomic E-state index is 0.168. The average molecular weight is 430 g/mol. The van der Waals surface area contributed by atoms with Gasteiger partial charge in [-0.25, -0.2) is 4.79 Å². The van der Waals surface area contributed by atoms with E-state index in [1.54, 1.807) is 37.4 Å². The molecule has 0 aliphatic heterocycles. The highest BCUT2D eigenvalue weighted by Crippen LogP contribution is 2.40. The zero-order valence-electron chi connectivity index (χ0n) is 14.5. The second kappa shape index (κ2) is 9.21. The van der Waals surface area contributed by atoms with Crippen molar-refractivity contribution in [2.45, 2.75) is 32.8 Å². The first-order valence-electron chi connectivity index (χ1n) is 7.98. The standard InChI is InChI=1S/C18H17Cl2NO5S/c1-9(2)26-18(25)16-12(11-4-3-10(19)7-13(11)20)8-27-17(16)21-14(22)5-6-15(23)24/h3-4,7-9H,5-6H2,1-2H3,(H,21,22)(H,23,24). The number of thiophene rings is 1. The van der Waals surface area contributed by atoms with Crippen LogP contribution in [-0.2, 0) is 14.3 Å². The van der Waals surface area contributed by atoms with Gasteiger partial charge in [-0.2, -0.15) is 0 Å². The zero-order valence-corrected chi connectivity index (χ0v) is 16.9. The number of carboxylic acids is 1. The third-order valence-corrected chi connectivity index (χ3v) is 4.82. The van der Waals surface area contributed by atoms with Gasteiger partial charge in [0.1, 0.15) is 10.6 Å². The number of hydrogen-bond acceptors (Lipinski definition) is 5. The molecule has 0 aliphatic rings. The molecule has 6 nitrogen and oxygen atoms in total. The molecule has 0 saturated heterocycles. The lowest BCUT2D eigenvalue weighted by atomic mass is 10.0. The van der Waals surface area contributed by atoms with Crippen molar-refractivity contribution in [1.29, 1.82) is 0 Å². The van der Waals surface area contributed by atoms with Crippen molar-refractivity contribution in [3.63, 3.8) is 0 Å². The molecular weight excluding hydrogens is 413 g/mol. The van der Waals surface area contributed by atoms with Crippen LogP contribution in [0.5, 0.6) is 0 Å². The Morgan fingerprint density at radius 1 is 1.19 bits per heavy atom. The second-order valence-corrected chi connectivity index (χ2v) is 7.60. The summed E-state index contributed by atoms with van der Waals surface area (Å²) in [5.74, 6) is -2.20. The molecule has 0 atom stereocenters. The molecule has 1 aromatic carbocycles. The molecule has 0 aliphatic carbocycles. The van der Waals surface area contributed by atoms with Gasteiger partial charge in [-0.05, 0) is 26.0 Å². The summed E-state index contributed by atoms with van der Waals surface area (Å²) in [6.45, 7) is 3.43. The molecule has 0 bridgehead atoms. The first-order valence-corrected chi connectivity index (χ1v) is 9.62. The molecule has 1 amide bonds. The number of carbonyl (C=O) groups excluding carboxylic acids is 2. The molecule has 1 heterocycles. The number of nitrogens with one attached hydrogen (secondary N) is 1. The number of anilines is 1. The van der Waals surface area contributed by atoms with E-state index in [2.05, 4.69) is 5.32 Å². The van der Waals surface area contributed by atoms with E-state index >= 15 is 0 Å². The zero-order chi connectivity index (χ0) is 20.1. The quantitative estimate of drug-likeness (QED) is 0.597. The molecule has 2 N–H and O–H groups in total. The summed E-state index contributed by atoms with van der Waals surface area (Å²) >= 11 is 13.3. The van der Waals surface area contributed by atoms with Gasteiger partial charge in [0.15, 0.2) is 0 Å². The van der Waals surface area contributed by atoms with Gasteiger partial charge in [0.05, 0.1) is 12.5 Å². The highest BCUT2D eigenvalue weighted by molar-refractivity contribution is 7.15. The van der Waals surface area contributed by atoms with E-state index in [4.69, 9.17) is 33.0 Å². The van der Waals surface area contributed by atoms with Gasteiger partial charge < -0.3 is 15.2 Å². The number of benzene rings is 1. The Bertz CT molecular complexity index is 879. The summed E-state index contributed by atoms with van der Waals surface area (Å²) in [5, 5.41) is 14.0. The van der Waals surface area contributed by atoms with Gasteiger partial charge in [0.2, 0.25) is 5.91 Å². The van der Waals surface area contributed by atoms with E-state index in [1.807, 2.05) is 0 Å². The van der Waals surface area contributed by atoms with Crippen LogP contribution in [0.4, 0.5) is 5.00 Å². The summed E-state index contributed by atoms with van der Waals surface area (Å²) in [7, 11) is 0. The van der Waals surface area contributed by atoms with Crippen molar-refractivity contribution in [2.24, 2.45) is 0 Å². The monoisotopic (exact) mass is 429 g/mol. The first-order chi connectivity index (χ1) is 12.7. The van der Waals surface area contributed by atoms with Gasteiger partial charge in [-0.1, -0.05) is 29.3 Å². The molecule has 0 spiro atoms. The minimum Gasteiger partial charge on any atom is -0.481 e. The molecule has 0 fully saturated rings. The van der Waals surface area contributed by atoms with Crippen LogP contribution in [0.1, 0.15) is 37.0 Å². The molecule has 1 aromatic heterocycles. The van der Waals surface area contributed by atoms with Gasteiger partial charge in [0.25, 0.3) is 0 Å². The topological polar surface area (TPSA) is 92.7 Å². The Morgan fingerprint density at radius 3 is 2.48 bits per heavy atom. The first kappa shape index (κ1) is 21.2. The molecule has 9 heteroatoms. The molecule has 0 saturated carbocycles. The van der Waals surface area contributed by atoms with Gasteiger partial charge in [-0.3, -0.25) is 9.59 Å². The van der Waals surface area contributed by atoms with Crippen molar-refractivity contribution < 1.29 is 24.2 Å². The van der Waals surface area contributed by atoms with E-state index in [1.165, 1.54) is 0 Å². The molecule has 0 unspecified atom stereocenters. The summed E-state index contributed by atoms with van der Waals surface area (Å²) < 4.78 is 5.29. The lowest BCUT2D eigenvalue weighted by Crippen LogP contribution is -2.17. The number of esters is 1. The van der Waals surface area contributed by atoms with Gasteiger partial charge >= 0.3 is 11.9 Å². The molecule has 2 rings (SSSR count). The summed E-state index contributed by atoms with van der Waals surface area (Å²) in [5.41, 5.74) is 1.24. The predicted octanol–water partition coefficient (Wildman–Crippen LogP) is 5.09. The Hall–Kier alpha value is -2.09.